The van der Waals surface area contributed by atoms with Gasteiger partial charge in [0.1, 0.15) is 16.4 Å². The fraction of sp³-hybridized carbons (Fsp3) is 0.294. The summed E-state index contributed by atoms with van der Waals surface area (Å²) in [6.45, 7) is 4.04. The van der Waals surface area contributed by atoms with Crippen LogP contribution in [0.25, 0.3) is 21.3 Å². The number of fused-ring (bicyclic) bond motifs is 1. The molecule has 6 heteroatoms. The SMILES string of the molecule is COc1ccc(-c2c(C)sc3nc(CCBr)[nH]c(=O)c23)cc1C. The van der Waals surface area contributed by atoms with E-state index in [9.17, 15) is 4.79 Å². The molecule has 3 aromatic rings. The Morgan fingerprint density at radius 2 is 2.13 bits per heavy atom. The van der Waals surface area contributed by atoms with Gasteiger partial charge in [0.2, 0.25) is 0 Å². The van der Waals surface area contributed by atoms with E-state index in [-0.39, 0.29) is 5.56 Å². The molecule has 0 aliphatic rings. The van der Waals surface area contributed by atoms with Crippen molar-refractivity contribution >= 4 is 37.5 Å². The van der Waals surface area contributed by atoms with E-state index in [1.165, 1.54) is 0 Å². The Morgan fingerprint density at radius 3 is 2.78 bits per heavy atom. The largest absolute Gasteiger partial charge is 0.496 e. The number of halogens is 1. The van der Waals surface area contributed by atoms with E-state index in [4.69, 9.17) is 4.74 Å². The van der Waals surface area contributed by atoms with Crippen molar-refractivity contribution < 1.29 is 4.74 Å². The zero-order chi connectivity index (χ0) is 16.6. The van der Waals surface area contributed by atoms with Gasteiger partial charge in [0.15, 0.2) is 0 Å². The van der Waals surface area contributed by atoms with E-state index in [0.717, 1.165) is 43.3 Å². The molecule has 2 heterocycles. The van der Waals surface area contributed by atoms with Gasteiger partial charge in [-0.25, -0.2) is 4.98 Å². The highest BCUT2D eigenvalue weighted by Crippen LogP contribution is 2.37. The van der Waals surface area contributed by atoms with Crippen molar-refractivity contribution in [2.45, 2.75) is 20.3 Å². The molecule has 0 atom stereocenters. The molecule has 1 N–H and O–H groups in total. The van der Waals surface area contributed by atoms with Crippen molar-refractivity contribution in [3.05, 3.63) is 44.8 Å². The van der Waals surface area contributed by atoms with Crippen molar-refractivity contribution in [3.63, 3.8) is 0 Å². The Labute approximate surface area is 146 Å². The van der Waals surface area contributed by atoms with Crippen molar-refractivity contribution in [2.24, 2.45) is 0 Å². The third-order valence-corrected chi connectivity index (χ3v) is 5.20. The van der Waals surface area contributed by atoms with Crippen LogP contribution in [0.1, 0.15) is 16.3 Å². The summed E-state index contributed by atoms with van der Waals surface area (Å²) in [7, 11) is 1.66. The predicted octanol–water partition coefficient (Wildman–Crippen LogP) is 4.21. The van der Waals surface area contributed by atoms with Crippen molar-refractivity contribution in [1.29, 1.82) is 0 Å². The molecule has 0 fully saturated rings. The van der Waals surface area contributed by atoms with Gasteiger partial charge in [-0.15, -0.1) is 11.3 Å². The van der Waals surface area contributed by atoms with Crippen LogP contribution in [0.5, 0.6) is 5.75 Å². The lowest BCUT2D eigenvalue weighted by Gasteiger charge is -2.08. The molecule has 0 saturated carbocycles. The van der Waals surface area contributed by atoms with Crippen LogP contribution >= 0.6 is 27.3 Å². The van der Waals surface area contributed by atoms with Crippen LogP contribution in [-0.2, 0) is 6.42 Å². The van der Waals surface area contributed by atoms with Crippen LogP contribution < -0.4 is 10.3 Å². The molecule has 23 heavy (non-hydrogen) atoms. The second kappa shape index (κ2) is 6.45. The number of aryl methyl sites for hydroxylation is 3. The first-order valence-corrected chi connectivity index (χ1v) is 9.22. The number of methoxy groups -OCH3 is 1. The third-order valence-electron chi connectivity index (χ3n) is 3.80. The maximum Gasteiger partial charge on any atom is 0.260 e. The molecular formula is C17H17BrN2O2S. The standard InChI is InChI=1S/C17H17BrN2O2S/c1-9-8-11(4-5-12(9)22-3)14-10(2)23-17-15(14)16(21)19-13(20-17)6-7-18/h4-5,8H,6-7H2,1-3H3,(H,19,20,21). The lowest BCUT2D eigenvalue weighted by Crippen LogP contribution is -2.11. The Bertz CT molecular complexity index is 930. The van der Waals surface area contributed by atoms with Crippen LogP contribution in [-0.4, -0.2) is 22.4 Å². The molecule has 0 bridgehead atoms. The van der Waals surface area contributed by atoms with Crippen LogP contribution in [0, 0.1) is 13.8 Å². The lowest BCUT2D eigenvalue weighted by atomic mass is 10.0. The first-order chi connectivity index (χ1) is 11.0. The van der Waals surface area contributed by atoms with Crippen LogP contribution in [0.3, 0.4) is 0 Å². The van der Waals surface area contributed by atoms with Crippen LogP contribution in [0.15, 0.2) is 23.0 Å². The second-order valence-electron chi connectivity index (χ2n) is 5.35. The molecule has 1 aromatic carbocycles. The van der Waals surface area contributed by atoms with Gasteiger partial charge in [0.25, 0.3) is 5.56 Å². The van der Waals surface area contributed by atoms with E-state index in [1.54, 1.807) is 18.4 Å². The number of ether oxygens (including phenoxy) is 1. The number of aromatic amines is 1. The zero-order valence-electron chi connectivity index (χ0n) is 13.2. The predicted molar refractivity (Wildman–Crippen MR) is 99.2 cm³/mol. The number of rotatable bonds is 4. The second-order valence-corrected chi connectivity index (χ2v) is 7.35. The smallest absolute Gasteiger partial charge is 0.260 e. The number of thiophene rings is 1. The highest BCUT2D eigenvalue weighted by atomic mass is 79.9. The molecule has 0 radical (unpaired) electrons. The maximum atomic E-state index is 12.6. The Balaban J connectivity index is 2.24. The summed E-state index contributed by atoms with van der Waals surface area (Å²) in [5.74, 6) is 1.57. The van der Waals surface area contributed by atoms with Gasteiger partial charge in [-0.1, -0.05) is 22.0 Å². The van der Waals surface area contributed by atoms with Gasteiger partial charge >= 0.3 is 0 Å². The maximum absolute atomic E-state index is 12.6. The molecule has 0 aliphatic heterocycles. The fourth-order valence-electron chi connectivity index (χ4n) is 2.75. The number of hydrogen-bond donors (Lipinski definition) is 1. The molecule has 3 rings (SSSR count). The number of nitrogens with one attached hydrogen (secondary N) is 1. The quantitative estimate of drug-likeness (QED) is 0.676. The number of benzene rings is 1. The summed E-state index contributed by atoms with van der Waals surface area (Å²) in [6, 6.07) is 5.99. The molecule has 4 nitrogen and oxygen atoms in total. The average Bonchev–Trinajstić information content (AvgIpc) is 2.84. The van der Waals surface area contributed by atoms with E-state index in [1.807, 2.05) is 26.0 Å². The van der Waals surface area contributed by atoms with Crippen LogP contribution in [0.2, 0.25) is 0 Å². The summed E-state index contributed by atoms with van der Waals surface area (Å²) in [5, 5.41) is 1.45. The number of hydrogen-bond acceptors (Lipinski definition) is 4. The van der Waals surface area contributed by atoms with Gasteiger partial charge < -0.3 is 9.72 Å². The number of nitrogens with zero attached hydrogens (tertiary/aromatic N) is 1. The lowest BCUT2D eigenvalue weighted by molar-refractivity contribution is 0.412. The number of alkyl halides is 1. The number of H-pyrrole nitrogens is 1. The van der Waals surface area contributed by atoms with Crippen molar-refractivity contribution in [2.75, 3.05) is 12.4 Å². The molecule has 120 valence electrons. The Hall–Kier alpha value is -1.66. The Kier molecular flexibility index (Phi) is 4.55. The minimum atomic E-state index is -0.0706. The van der Waals surface area contributed by atoms with E-state index >= 15 is 0 Å². The summed E-state index contributed by atoms with van der Waals surface area (Å²) in [4.78, 5) is 21.9. The van der Waals surface area contributed by atoms with Gasteiger partial charge in [-0.3, -0.25) is 4.79 Å². The fourth-order valence-corrected chi connectivity index (χ4v) is 4.19. The van der Waals surface area contributed by atoms with E-state index in [0.29, 0.717) is 11.8 Å². The molecule has 0 amide bonds. The molecule has 0 aliphatic carbocycles. The third kappa shape index (κ3) is 2.93. The first kappa shape index (κ1) is 16.2. The zero-order valence-corrected chi connectivity index (χ0v) is 15.6. The highest BCUT2D eigenvalue weighted by Gasteiger charge is 2.17. The van der Waals surface area contributed by atoms with Crippen molar-refractivity contribution in [3.8, 4) is 16.9 Å². The molecular weight excluding hydrogens is 376 g/mol. The molecule has 2 aromatic heterocycles. The van der Waals surface area contributed by atoms with Crippen molar-refractivity contribution in [1.82, 2.24) is 9.97 Å². The molecule has 0 spiro atoms. The van der Waals surface area contributed by atoms with E-state index < -0.39 is 0 Å². The minimum Gasteiger partial charge on any atom is -0.496 e. The van der Waals surface area contributed by atoms with Gasteiger partial charge in [0, 0.05) is 22.2 Å². The number of aromatic nitrogens is 2. The van der Waals surface area contributed by atoms with Gasteiger partial charge in [-0.2, -0.15) is 0 Å². The summed E-state index contributed by atoms with van der Waals surface area (Å²) in [5.41, 5.74) is 2.96. The Morgan fingerprint density at radius 1 is 1.35 bits per heavy atom. The van der Waals surface area contributed by atoms with E-state index in [2.05, 4.69) is 32.0 Å². The summed E-state index contributed by atoms with van der Waals surface area (Å²) < 4.78 is 5.32. The van der Waals surface area contributed by atoms with Crippen LogP contribution in [0.4, 0.5) is 0 Å². The normalized spacial score (nSPS) is 11.1. The topological polar surface area (TPSA) is 55.0 Å². The molecule has 0 unspecified atom stereocenters. The highest BCUT2D eigenvalue weighted by molar-refractivity contribution is 9.09. The van der Waals surface area contributed by atoms with Gasteiger partial charge in [-0.05, 0) is 37.1 Å². The average molecular weight is 393 g/mol. The summed E-state index contributed by atoms with van der Waals surface area (Å²) >= 11 is 4.95. The monoisotopic (exact) mass is 392 g/mol. The minimum absolute atomic E-state index is 0.0706. The van der Waals surface area contributed by atoms with Gasteiger partial charge in [0.05, 0.1) is 12.5 Å². The first-order valence-electron chi connectivity index (χ1n) is 7.28. The molecule has 0 saturated heterocycles. The summed E-state index contributed by atoms with van der Waals surface area (Å²) in [6.07, 6.45) is 0.707.